The SMILES string of the molecule is CCC(C)CCCCCCCCCCCCC(=O)OC[C@@H](COC(=O)CCCCCCCCCC(C)C)OC(=O)CCCCCCCCCCCCCC(C)C. The van der Waals surface area contributed by atoms with Crippen LogP contribution < -0.4 is 0 Å². The van der Waals surface area contributed by atoms with Gasteiger partial charge in [-0.15, -0.1) is 0 Å². The summed E-state index contributed by atoms with van der Waals surface area (Å²) in [6.07, 6.45) is 39.5. The molecule has 56 heavy (non-hydrogen) atoms. The van der Waals surface area contributed by atoms with E-state index < -0.39 is 6.10 Å². The quantitative estimate of drug-likeness (QED) is 0.0348. The fourth-order valence-corrected chi connectivity index (χ4v) is 7.38. The van der Waals surface area contributed by atoms with Gasteiger partial charge in [0.1, 0.15) is 13.2 Å². The second-order valence-electron chi connectivity index (χ2n) is 18.3. The minimum Gasteiger partial charge on any atom is -0.462 e. The zero-order valence-electron chi connectivity index (χ0n) is 38.4. The molecular formula is C50H96O6. The Morgan fingerprint density at radius 2 is 0.625 bits per heavy atom. The van der Waals surface area contributed by atoms with Crippen molar-refractivity contribution in [2.45, 2.75) is 272 Å². The number of esters is 3. The van der Waals surface area contributed by atoms with E-state index in [0.29, 0.717) is 19.3 Å². The summed E-state index contributed by atoms with van der Waals surface area (Å²) in [5.41, 5.74) is 0. The molecule has 0 aliphatic heterocycles. The topological polar surface area (TPSA) is 78.9 Å². The Balaban J connectivity index is 4.33. The van der Waals surface area contributed by atoms with Crippen LogP contribution >= 0.6 is 0 Å². The van der Waals surface area contributed by atoms with Gasteiger partial charge < -0.3 is 14.2 Å². The minimum atomic E-state index is -0.762. The van der Waals surface area contributed by atoms with Gasteiger partial charge in [-0.05, 0) is 37.0 Å². The summed E-state index contributed by atoms with van der Waals surface area (Å²) >= 11 is 0. The molecule has 6 nitrogen and oxygen atoms in total. The first-order valence-electron chi connectivity index (χ1n) is 24.6. The van der Waals surface area contributed by atoms with E-state index in [1.54, 1.807) is 0 Å². The molecular weight excluding hydrogens is 697 g/mol. The van der Waals surface area contributed by atoms with Crippen LogP contribution in [0.3, 0.4) is 0 Å². The minimum absolute atomic E-state index is 0.0657. The molecule has 332 valence electrons. The summed E-state index contributed by atoms with van der Waals surface area (Å²) < 4.78 is 16.8. The number of carbonyl (C=O) groups is 3. The largest absolute Gasteiger partial charge is 0.462 e. The Morgan fingerprint density at radius 3 is 0.929 bits per heavy atom. The molecule has 0 bridgehead atoms. The van der Waals surface area contributed by atoms with Gasteiger partial charge in [-0.3, -0.25) is 14.4 Å². The first-order chi connectivity index (χ1) is 27.1. The predicted molar refractivity (Wildman–Crippen MR) is 238 cm³/mol. The van der Waals surface area contributed by atoms with Gasteiger partial charge in [0.05, 0.1) is 0 Å². The lowest BCUT2D eigenvalue weighted by Crippen LogP contribution is -2.30. The summed E-state index contributed by atoms with van der Waals surface area (Å²) in [6, 6.07) is 0. The van der Waals surface area contributed by atoms with E-state index in [2.05, 4.69) is 41.5 Å². The molecule has 1 unspecified atom stereocenters. The highest BCUT2D eigenvalue weighted by molar-refractivity contribution is 5.71. The average Bonchev–Trinajstić information content (AvgIpc) is 3.16. The maximum absolute atomic E-state index is 12.8. The highest BCUT2D eigenvalue weighted by Gasteiger charge is 2.19. The van der Waals surface area contributed by atoms with Crippen molar-refractivity contribution in [3.8, 4) is 0 Å². The van der Waals surface area contributed by atoms with Crippen molar-refractivity contribution < 1.29 is 28.6 Å². The standard InChI is InChI=1S/C50H96O6/c1-7-46(6)38-32-26-20-14-11-12-15-21-27-33-39-48(51)54-42-47(43-55-49(52)40-34-28-23-17-19-25-31-37-45(4)5)56-50(53)41-35-29-22-16-10-8-9-13-18-24-30-36-44(2)3/h44-47H,7-43H2,1-6H3/t46?,47-/m0/s1. The van der Waals surface area contributed by atoms with E-state index in [0.717, 1.165) is 75.5 Å². The third-order valence-corrected chi connectivity index (χ3v) is 11.5. The van der Waals surface area contributed by atoms with Crippen LogP contribution in [0.15, 0.2) is 0 Å². The molecule has 6 heteroatoms. The molecule has 0 rings (SSSR count). The number of carbonyl (C=O) groups excluding carboxylic acids is 3. The van der Waals surface area contributed by atoms with Crippen molar-refractivity contribution in [2.75, 3.05) is 13.2 Å². The van der Waals surface area contributed by atoms with Gasteiger partial charge in [0.15, 0.2) is 6.10 Å². The van der Waals surface area contributed by atoms with Crippen LogP contribution in [-0.4, -0.2) is 37.2 Å². The fourth-order valence-electron chi connectivity index (χ4n) is 7.38. The molecule has 0 saturated heterocycles. The predicted octanol–water partition coefficient (Wildman–Crippen LogP) is 15.6. The van der Waals surface area contributed by atoms with Crippen LogP contribution in [0.4, 0.5) is 0 Å². The van der Waals surface area contributed by atoms with Crippen molar-refractivity contribution in [2.24, 2.45) is 17.8 Å². The van der Waals surface area contributed by atoms with Crippen LogP contribution in [0.25, 0.3) is 0 Å². The number of hydrogen-bond acceptors (Lipinski definition) is 6. The first-order valence-corrected chi connectivity index (χ1v) is 24.6. The Bertz CT molecular complexity index is 870. The van der Waals surface area contributed by atoms with Gasteiger partial charge >= 0.3 is 17.9 Å². The lowest BCUT2D eigenvalue weighted by molar-refractivity contribution is -0.167. The summed E-state index contributed by atoms with van der Waals surface area (Å²) in [6.45, 7) is 13.7. The second-order valence-corrected chi connectivity index (χ2v) is 18.3. The van der Waals surface area contributed by atoms with E-state index in [4.69, 9.17) is 14.2 Å². The molecule has 0 fully saturated rings. The van der Waals surface area contributed by atoms with Crippen LogP contribution in [-0.2, 0) is 28.6 Å². The molecule has 0 aromatic rings. The molecule has 0 N–H and O–H groups in total. The number of hydrogen-bond donors (Lipinski definition) is 0. The van der Waals surface area contributed by atoms with Gasteiger partial charge in [-0.25, -0.2) is 0 Å². The molecule has 2 atom stereocenters. The number of unbranched alkanes of at least 4 members (excludes halogenated alkanes) is 25. The average molecular weight is 793 g/mol. The van der Waals surface area contributed by atoms with Crippen LogP contribution in [0.5, 0.6) is 0 Å². The summed E-state index contributed by atoms with van der Waals surface area (Å²) in [5.74, 6) is 1.62. The molecule has 0 aliphatic rings. The van der Waals surface area contributed by atoms with Gasteiger partial charge in [-0.2, -0.15) is 0 Å². The molecule has 0 aliphatic carbocycles. The molecule has 0 aromatic carbocycles. The van der Waals surface area contributed by atoms with Gasteiger partial charge in [0.25, 0.3) is 0 Å². The van der Waals surface area contributed by atoms with E-state index >= 15 is 0 Å². The highest BCUT2D eigenvalue weighted by Crippen LogP contribution is 2.18. The summed E-state index contributed by atoms with van der Waals surface area (Å²) in [7, 11) is 0. The number of ether oxygens (including phenoxy) is 3. The molecule has 0 saturated carbocycles. The molecule has 0 heterocycles. The molecule has 0 radical (unpaired) electrons. The van der Waals surface area contributed by atoms with Gasteiger partial charge in [-0.1, -0.05) is 228 Å². The molecule has 0 aromatic heterocycles. The second kappa shape index (κ2) is 41.6. The molecule has 0 spiro atoms. The Morgan fingerprint density at radius 1 is 0.357 bits per heavy atom. The number of rotatable bonds is 43. The third-order valence-electron chi connectivity index (χ3n) is 11.5. The van der Waals surface area contributed by atoms with Crippen molar-refractivity contribution in [1.29, 1.82) is 0 Å². The van der Waals surface area contributed by atoms with Crippen molar-refractivity contribution in [3.05, 3.63) is 0 Å². The summed E-state index contributed by atoms with van der Waals surface area (Å²) in [5, 5.41) is 0. The molecule has 0 amide bonds. The van der Waals surface area contributed by atoms with E-state index in [-0.39, 0.29) is 31.1 Å². The Hall–Kier alpha value is -1.59. The van der Waals surface area contributed by atoms with E-state index in [1.165, 1.54) is 148 Å². The monoisotopic (exact) mass is 793 g/mol. The maximum Gasteiger partial charge on any atom is 0.306 e. The van der Waals surface area contributed by atoms with E-state index in [1.807, 2.05) is 0 Å². The maximum atomic E-state index is 12.8. The highest BCUT2D eigenvalue weighted by atomic mass is 16.6. The van der Waals surface area contributed by atoms with Crippen molar-refractivity contribution in [1.82, 2.24) is 0 Å². The zero-order valence-corrected chi connectivity index (χ0v) is 38.4. The van der Waals surface area contributed by atoms with Crippen LogP contribution in [0.1, 0.15) is 266 Å². The zero-order chi connectivity index (χ0) is 41.3. The fraction of sp³-hybridized carbons (Fsp3) is 0.940. The van der Waals surface area contributed by atoms with E-state index in [9.17, 15) is 14.4 Å². The smallest absolute Gasteiger partial charge is 0.306 e. The lowest BCUT2D eigenvalue weighted by Gasteiger charge is -2.18. The van der Waals surface area contributed by atoms with Gasteiger partial charge in [0, 0.05) is 19.3 Å². The third kappa shape index (κ3) is 42.0. The van der Waals surface area contributed by atoms with Crippen LogP contribution in [0.2, 0.25) is 0 Å². The first kappa shape index (κ1) is 54.4. The summed E-state index contributed by atoms with van der Waals surface area (Å²) in [4.78, 5) is 37.8. The van der Waals surface area contributed by atoms with Crippen molar-refractivity contribution in [3.63, 3.8) is 0 Å². The van der Waals surface area contributed by atoms with Crippen molar-refractivity contribution >= 4 is 17.9 Å². The lowest BCUT2D eigenvalue weighted by atomic mass is 9.99. The van der Waals surface area contributed by atoms with Crippen LogP contribution in [0, 0.1) is 17.8 Å². The van der Waals surface area contributed by atoms with Gasteiger partial charge in [0.2, 0.25) is 0 Å². The Labute approximate surface area is 348 Å². The normalized spacial score (nSPS) is 12.6. The Kier molecular flexibility index (Phi) is 40.4.